The summed E-state index contributed by atoms with van der Waals surface area (Å²) in [4.78, 5) is 32.3. The number of nitrogens with zero attached hydrogens (tertiary/aromatic N) is 2. The number of pyridine rings is 1. The van der Waals surface area contributed by atoms with Gasteiger partial charge in [0.2, 0.25) is 5.43 Å². The van der Waals surface area contributed by atoms with Gasteiger partial charge in [0.1, 0.15) is 10.3 Å². The molecule has 0 aliphatic heterocycles. The van der Waals surface area contributed by atoms with Gasteiger partial charge in [-0.3, -0.25) is 4.79 Å². The van der Waals surface area contributed by atoms with Crippen LogP contribution in [0.4, 0.5) is 5.13 Å². The lowest BCUT2D eigenvalue weighted by atomic mass is 10.1. The van der Waals surface area contributed by atoms with Gasteiger partial charge >= 0.3 is 5.97 Å². The van der Waals surface area contributed by atoms with Gasteiger partial charge in [-0.05, 0) is 12.0 Å². The highest BCUT2D eigenvalue weighted by Crippen LogP contribution is 2.25. The van der Waals surface area contributed by atoms with Crippen molar-refractivity contribution in [1.82, 2.24) is 9.97 Å². The lowest BCUT2D eigenvalue weighted by molar-refractivity contribution is 0.0695. The first kappa shape index (κ1) is 15.2. The van der Waals surface area contributed by atoms with Crippen LogP contribution in [0.25, 0.3) is 10.3 Å². The van der Waals surface area contributed by atoms with E-state index in [1.54, 1.807) is 0 Å². The lowest BCUT2D eigenvalue weighted by Crippen LogP contribution is -2.19. The van der Waals surface area contributed by atoms with Gasteiger partial charge in [0, 0.05) is 19.8 Å². The van der Waals surface area contributed by atoms with Gasteiger partial charge in [-0.15, -0.1) is 0 Å². The van der Waals surface area contributed by atoms with Gasteiger partial charge in [0.05, 0.1) is 0 Å². The van der Waals surface area contributed by atoms with Crippen LogP contribution in [0.3, 0.4) is 0 Å². The Balaban J connectivity index is 1.84. The summed E-state index contributed by atoms with van der Waals surface area (Å²) in [5.41, 5.74) is 0.891. The number of carboxylic acids is 1. The molecule has 0 amide bonds. The summed E-state index contributed by atoms with van der Waals surface area (Å²) in [6, 6.07) is 10.1. The number of benzene rings is 1. The molecule has 0 aliphatic rings. The topological polar surface area (TPSA) is 86.3 Å². The van der Waals surface area contributed by atoms with Crippen molar-refractivity contribution in [3.05, 3.63) is 57.9 Å². The molecule has 23 heavy (non-hydrogen) atoms. The number of likely N-dealkylation sites (N-methyl/N-ethyl adjacent to an activating group) is 1. The first-order valence-electron chi connectivity index (χ1n) is 7.07. The maximum absolute atomic E-state index is 12.1. The van der Waals surface area contributed by atoms with Crippen molar-refractivity contribution in [1.29, 1.82) is 0 Å². The van der Waals surface area contributed by atoms with Crippen molar-refractivity contribution >= 4 is 32.8 Å². The summed E-state index contributed by atoms with van der Waals surface area (Å²) in [5.74, 6) is -1.24. The minimum absolute atomic E-state index is 0.264. The molecule has 0 radical (unpaired) electrons. The quantitative estimate of drug-likeness (QED) is 0.750. The largest absolute Gasteiger partial charge is 0.477 e. The molecule has 0 aliphatic carbocycles. The normalized spacial score (nSPS) is 10.8. The van der Waals surface area contributed by atoms with Gasteiger partial charge in [-0.25, -0.2) is 9.78 Å². The monoisotopic (exact) mass is 329 g/mol. The molecule has 0 spiro atoms. The number of rotatable bonds is 5. The number of carboxylic acid groups (broad SMARTS) is 1. The average Bonchev–Trinajstić information content (AvgIpc) is 2.99. The molecule has 0 saturated heterocycles. The maximum Gasteiger partial charge on any atom is 0.341 e. The number of hydrogen-bond acceptors (Lipinski definition) is 5. The molecule has 3 aromatic rings. The van der Waals surface area contributed by atoms with Crippen LogP contribution in [0.1, 0.15) is 15.9 Å². The molecule has 0 bridgehead atoms. The van der Waals surface area contributed by atoms with Crippen molar-refractivity contribution in [3.63, 3.8) is 0 Å². The van der Waals surface area contributed by atoms with E-state index in [-0.39, 0.29) is 5.56 Å². The second-order valence-corrected chi connectivity index (χ2v) is 6.15. The SMILES string of the molecule is CN(CCc1ccccc1)c1nc2[nH]cc(C(=O)O)c(=O)c2s1. The molecule has 0 saturated carbocycles. The maximum atomic E-state index is 12.1. The standard InChI is InChI=1S/C16H15N3O3S/c1-19(8-7-10-5-3-2-4-6-10)16-18-14-13(23-16)12(20)11(9-17-14)15(21)22/h2-6,9H,7-8H2,1H3,(H,17,20)(H,21,22). The molecule has 6 nitrogen and oxygen atoms in total. The zero-order valence-corrected chi connectivity index (χ0v) is 13.3. The van der Waals surface area contributed by atoms with E-state index in [0.29, 0.717) is 15.5 Å². The second-order valence-electron chi connectivity index (χ2n) is 5.17. The summed E-state index contributed by atoms with van der Waals surface area (Å²) >= 11 is 1.21. The number of aromatic amines is 1. The molecule has 0 atom stereocenters. The van der Waals surface area contributed by atoms with E-state index in [0.717, 1.165) is 13.0 Å². The number of H-pyrrole nitrogens is 1. The number of thiazole rings is 1. The Morgan fingerprint density at radius 3 is 2.78 bits per heavy atom. The third-order valence-corrected chi connectivity index (χ3v) is 4.72. The number of anilines is 1. The summed E-state index contributed by atoms with van der Waals surface area (Å²) in [7, 11) is 1.91. The Bertz CT molecular complexity index is 902. The van der Waals surface area contributed by atoms with E-state index in [1.165, 1.54) is 23.1 Å². The van der Waals surface area contributed by atoms with Crippen molar-refractivity contribution in [2.45, 2.75) is 6.42 Å². The zero-order valence-electron chi connectivity index (χ0n) is 12.4. The Hall–Kier alpha value is -2.67. The third kappa shape index (κ3) is 3.09. The second kappa shape index (κ2) is 6.21. The molecular weight excluding hydrogens is 314 g/mol. The highest BCUT2D eigenvalue weighted by atomic mass is 32.1. The molecule has 2 N–H and O–H groups in total. The van der Waals surface area contributed by atoms with Crippen LogP contribution in [-0.4, -0.2) is 34.6 Å². The molecule has 118 valence electrons. The van der Waals surface area contributed by atoms with Crippen molar-refractivity contribution in [2.75, 3.05) is 18.5 Å². The fourth-order valence-corrected chi connectivity index (χ4v) is 3.22. The number of nitrogens with one attached hydrogen (secondary N) is 1. The highest BCUT2D eigenvalue weighted by Gasteiger charge is 2.16. The van der Waals surface area contributed by atoms with Crippen LogP contribution >= 0.6 is 11.3 Å². The lowest BCUT2D eigenvalue weighted by Gasteiger charge is -2.15. The van der Waals surface area contributed by atoms with Crippen molar-refractivity contribution in [2.24, 2.45) is 0 Å². The Morgan fingerprint density at radius 1 is 1.35 bits per heavy atom. The Kier molecular flexibility index (Phi) is 4.12. The zero-order chi connectivity index (χ0) is 16.4. The van der Waals surface area contributed by atoms with Crippen molar-refractivity contribution < 1.29 is 9.90 Å². The minimum atomic E-state index is -1.24. The number of aromatic nitrogens is 2. The van der Waals surface area contributed by atoms with E-state index in [1.807, 2.05) is 30.1 Å². The first-order chi connectivity index (χ1) is 11.1. The number of hydrogen-bond donors (Lipinski definition) is 2. The number of carbonyl (C=O) groups is 1. The molecule has 2 aromatic heterocycles. The van der Waals surface area contributed by atoms with Gasteiger partial charge < -0.3 is 15.0 Å². The van der Waals surface area contributed by atoms with Crippen LogP contribution in [-0.2, 0) is 6.42 Å². The predicted octanol–water partition coefficient (Wildman–Crippen LogP) is 2.36. The number of aromatic carboxylic acids is 1. The first-order valence-corrected chi connectivity index (χ1v) is 7.88. The summed E-state index contributed by atoms with van der Waals surface area (Å²) in [5, 5.41) is 9.69. The van der Waals surface area contributed by atoms with E-state index in [4.69, 9.17) is 5.11 Å². The third-order valence-electron chi connectivity index (χ3n) is 3.56. The van der Waals surface area contributed by atoms with E-state index < -0.39 is 11.4 Å². The average molecular weight is 329 g/mol. The molecule has 0 fully saturated rings. The van der Waals surface area contributed by atoms with Crippen LogP contribution in [0, 0.1) is 0 Å². The van der Waals surface area contributed by atoms with Gasteiger partial charge in [0.25, 0.3) is 0 Å². The van der Waals surface area contributed by atoms with Crippen LogP contribution in [0.2, 0.25) is 0 Å². The number of fused-ring (bicyclic) bond motifs is 1. The predicted molar refractivity (Wildman–Crippen MR) is 90.6 cm³/mol. The minimum Gasteiger partial charge on any atom is -0.477 e. The van der Waals surface area contributed by atoms with E-state index >= 15 is 0 Å². The smallest absolute Gasteiger partial charge is 0.341 e. The van der Waals surface area contributed by atoms with Gasteiger partial charge in [0.15, 0.2) is 10.8 Å². The van der Waals surface area contributed by atoms with Crippen LogP contribution in [0.5, 0.6) is 0 Å². The molecule has 7 heteroatoms. The van der Waals surface area contributed by atoms with Gasteiger partial charge in [-0.2, -0.15) is 0 Å². The Morgan fingerprint density at radius 2 is 2.09 bits per heavy atom. The van der Waals surface area contributed by atoms with Crippen LogP contribution in [0.15, 0.2) is 41.3 Å². The van der Waals surface area contributed by atoms with Crippen molar-refractivity contribution in [3.8, 4) is 0 Å². The highest BCUT2D eigenvalue weighted by molar-refractivity contribution is 7.22. The summed E-state index contributed by atoms with van der Waals surface area (Å²) in [6.45, 7) is 0.754. The molecule has 1 aromatic carbocycles. The summed E-state index contributed by atoms with van der Waals surface area (Å²) < 4.78 is 0.339. The van der Waals surface area contributed by atoms with E-state index in [9.17, 15) is 9.59 Å². The molecule has 3 rings (SSSR count). The Labute approximate surface area is 136 Å². The summed E-state index contributed by atoms with van der Waals surface area (Å²) in [6.07, 6.45) is 2.06. The fraction of sp³-hybridized carbons (Fsp3) is 0.188. The molecular formula is C16H15N3O3S. The molecule has 2 heterocycles. The van der Waals surface area contributed by atoms with E-state index in [2.05, 4.69) is 22.1 Å². The molecule has 0 unspecified atom stereocenters. The van der Waals surface area contributed by atoms with Gasteiger partial charge in [-0.1, -0.05) is 41.7 Å². The fourth-order valence-electron chi connectivity index (χ4n) is 2.25. The van der Waals surface area contributed by atoms with Crippen LogP contribution < -0.4 is 10.3 Å².